The van der Waals surface area contributed by atoms with E-state index in [9.17, 15) is 4.79 Å². The lowest BCUT2D eigenvalue weighted by Gasteiger charge is -2.47. The summed E-state index contributed by atoms with van der Waals surface area (Å²) in [4.78, 5) is 15.0. The zero-order valence-electron chi connectivity index (χ0n) is 13.2. The van der Waals surface area contributed by atoms with Gasteiger partial charge in [0.1, 0.15) is 0 Å². The van der Waals surface area contributed by atoms with E-state index in [1.807, 2.05) is 6.08 Å². The van der Waals surface area contributed by atoms with Gasteiger partial charge >= 0.3 is 5.97 Å². The zero-order chi connectivity index (χ0) is 15.2. The van der Waals surface area contributed by atoms with E-state index in [1.54, 1.807) is 0 Å². The molecule has 0 radical (unpaired) electrons. The predicted molar refractivity (Wildman–Crippen MR) is 86.5 cm³/mol. The molecule has 1 aromatic rings. The van der Waals surface area contributed by atoms with Crippen LogP contribution in [0.25, 0.3) is 5.57 Å². The highest BCUT2D eigenvalue weighted by Crippen LogP contribution is 2.40. The van der Waals surface area contributed by atoms with Crippen molar-refractivity contribution >= 4 is 11.5 Å². The van der Waals surface area contributed by atoms with E-state index in [2.05, 4.69) is 30.0 Å². The van der Waals surface area contributed by atoms with Crippen LogP contribution in [0, 0.1) is 12.3 Å². The van der Waals surface area contributed by atoms with Gasteiger partial charge in [0.2, 0.25) is 0 Å². The fraction of sp³-hybridized carbons (Fsp3) is 0.526. The summed E-state index contributed by atoms with van der Waals surface area (Å²) in [6.45, 7) is 6.17. The number of esters is 1. The maximum absolute atomic E-state index is 12.5. The van der Waals surface area contributed by atoms with E-state index in [4.69, 9.17) is 4.74 Å². The number of piperidine rings is 3. The number of allylic oxidation sites excluding steroid dienone is 1. The standard InChI is InChI=1S/C19H23NO2/c1-14-2-3-15-4-5-16(17(15)12-14)18(21)22-13-19-6-9-20(10-7-19)11-8-19/h2-3,5,12H,4,6-11,13H2,1H3. The van der Waals surface area contributed by atoms with E-state index in [0.717, 1.165) is 17.6 Å². The number of aryl methyl sites for hydroxylation is 1. The second-order valence-corrected chi connectivity index (χ2v) is 7.15. The van der Waals surface area contributed by atoms with Crippen molar-refractivity contribution in [3.05, 3.63) is 41.0 Å². The van der Waals surface area contributed by atoms with Gasteiger partial charge in [0.25, 0.3) is 0 Å². The molecule has 4 aliphatic rings. The average molecular weight is 297 g/mol. The smallest absolute Gasteiger partial charge is 0.338 e. The Morgan fingerprint density at radius 1 is 1.23 bits per heavy atom. The van der Waals surface area contributed by atoms with Gasteiger partial charge in [-0.05, 0) is 63.4 Å². The van der Waals surface area contributed by atoms with Crippen LogP contribution in [-0.4, -0.2) is 37.1 Å². The lowest BCUT2D eigenvalue weighted by molar-refractivity contribution is -0.143. The normalized spacial score (nSPS) is 29.1. The van der Waals surface area contributed by atoms with Gasteiger partial charge < -0.3 is 9.64 Å². The molecule has 3 fully saturated rings. The molecule has 5 rings (SSSR count). The highest BCUT2D eigenvalue weighted by molar-refractivity contribution is 6.18. The Bertz CT molecular complexity index is 625. The molecule has 0 spiro atoms. The summed E-state index contributed by atoms with van der Waals surface area (Å²) >= 11 is 0. The Kier molecular flexibility index (Phi) is 3.33. The molecule has 22 heavy (non-hydrogen) atoms. The van der Waals surface area contributed by atoms with Gasteiger partial charge in [0, 0.05) is 5.41 Å². The third-order valence-electron chi connectivity index (χ3n) is 5.69. The Labute approximate surface area is 132 Å². The van der Waals surface area contributed by atoms with Gasteiger partial charge in [-0.25, -0.2) is 4.79 Å². The van der Waals surface area contributed by atoms with Gasteiger partial charge in [0.05, 0.1) is 12.2 Å². The quantitative estimate of drug-likeness (QED) is 0.803. The maximum Gasteiger partial charge on any atom is 0.338 e. The SMILES string of the molecule is Cc1ccc2c(c1)C(C(=O)OCC13CCN(CC1)CC3)=CC2. The maximum atomic E-state index is 12.5. The summed E-state index contributed by atoms with van der Waals surface area (Å²) in [5.74, 6) is -0.133. The molecule has 0 unspecified atom stereocenters. The highest BCUT2D eigenvalue weighted by atomic mass is 16.5. The van der Waals surface area contributed by atoms with Gasteiger partial charge in [0.15, 0.2) is 0 Å². The van der Waals surface area contributed by atoms with Crippen LogP contribution in [0.1, 0.15) is 36.0 Å². The van der Waals surface area contributed by atoms with Crippen molar-refractivity contribution in [2.75, 3.05) is 26.2 Å². The Morgan fingerprint density at radius 2 is 1.95 bits per heavy atom. The summed E-state index contributed by atoms with van der Waals surface area (Å²) in [6.07, 6.45) is 6.40. The van der Waals surface area contributed by atoms with Crippen LogP contribution in [-0.2, 0) is 16.0 Å². The fourth-order valence-corrected chi connectivity index (χ4v) is 4.04. The molecule has 0 aromatic heterocycles. The molecule has 0 atom stereocenters. The Hall–Kier alpha value is -1.61. The number of ether oxygens (including phenoxy) is 1. The zero-order valence-corrected chi connectivity index (χ0v) is 13.2. The van der Waals surface area contributed by atoms with Crippen molar-refractivity contribution < 1.29 is 9.53 Å². The molecule has 116 valence electrons. The van der Waals surface area contributed by atoms with E-state index >= 15 is 0 Å². The van der Waals surface area contributed by atoms with E-state index in [-0.39, 0.29) is 11.4 Å². The lowest BCUT2D eigenvalue weighted by Crippen LogP contribution is -2.50. The molecule has 3 heteroatoms. The van der Waals surface area contributed by atoms with Crippen LogP contribution < -0.4 is 0 Å². The monoisotopic (exact) mass is 297 g/mol. The molecular formula is C19H23NO2. The van der Waals surface area contributed by atoms with Crippen molar-refractivity contribution in [1.29, 1.82) is 0 Å². The second kappa shape index (κ2) is 5.24. The van der Waals surface area contributed by atoms with Crippen LogP contribution in [0.15, 0.2) is 24.3 Å². The molecule has 3 nitrogen and oxygen atoms in total. The minimum atomic E-state index is -0.133. The summed E-state index contributed by atoms with van der Waals surface area (Å²) in [6, 6.07) is 6.33. The molecule has 0 amide bonds. The van der Waals surface area contributed by atoms with E-state index < -0.39 is 0 Å². The molecule has 3 aliphatic heterocycles. The fourth-order valence-electron chi connectivity index (χ4n) is 4.04. The predicted octanol–water partition coefficient (Wildman–Crippen LogP) is 2.96. The number of benzene rings is 1. The van der Waals surface area contributed by atoms with Crippen LogP contribution in [0.2, 0.25) is 0 Å². The highest BCUT2D eigenvalue weighted by Gasteiger charge is 2.40. The number of carbonyl (C=O) groups excluding carboxylic acids is 1. The van der Waals surface area contributed by atoms with E-state index in [0.29, 0.717) is 6.61 Å². The molecule has 3 heterocycles. The first-order chi connectivity index (χ1) is 10.7. The van der Waals surface area contributed by atoms with Crippen LogP contribution in [0.5, 0.6) is 0 Å². The van der Waals surface area contributed by atoms with Crippen LogP contribution in [0.3, 0.4) is 0 Å². The number of rotatable bonds is 3. The Balaban J connectivity index is 1.45. The summed E-state index contributed by atoms with van der Waals surface area (Å²) in [5, 5.41) is 0. The lowest BCUT2D eigenvalue weighted by atomic mass is 9.73. The van der Waals surface area contributed by atoms with Gasteiger partial charge in [-0.1, -0.05) is 29.8 Å². The van der Waals surface area contributed by atoms with Crippen LogP contribution >= 0.6 is 0 Å². The first-order valence-corrected chi connectivity index (χ1v) is 8.35. The number of fused-ring (bicyclic) bond motifs is 4. The number of hydrogen-bond donors (Lipinski definition) is 0. The van der Waals surface area contributed by atoms with Crippen molar-refractivity contribution in [1.82, 2.24) is 4.90 Å². The third kappa shape index (κ3) is 2.38. The van der Waals surface area contributed by atoms with Crippen LogP contribution in [0.4, 0.5) is 0 Å². The third-order valence-corrected chi connectivity index (χ3v) is 5.69. The molecule has 0 saturated carbocycles. The number of nitrogens with zero attached hydrogens (tertiary/aromatic N) is 1. The summed E-state index contributed by atoms with van der Waals surface area (Å²) < 4.78 is 5.76. The van der Waals surface area contributed by atoms with Crippen molar-refractivity contribution in [3.8, 4) is 0 Å². The number of carbonyl (C=O) groups is 1. The number of hydrogen-bond acceptors (Lipinski definition) is 3. The van der Waals surface area contributed by atoms with Gasteiger partial charge in [-0.15, -0.1) is 0 Å². The Morgan fingerprint density at radius 3 is 2.68 bits per heavy atom. The summed E-state index contributed by atoms with van der Waals surface area (Å²) in [7, 11) is 0. The molecule has 2 bridgehead atoms. The molecule has 0 N–H and O–H groups in total. The first-order valence-electron chi connectivity index (χ1n) is 8.35. The first kappa shape index (κ1) is 14.0. The largest absolute Gasteiger partial charge is 0.461 e. The van der Waals surface area contributed by atoms with Crippen molar-refractivity contribution in [2.45, 2.75) is 32.6 Å². The second-order valence-electron chi connectivity index (χ2n) is 7.15. The molecule has 1 aromatic carbocycles. The average Bonchev–Trinajstić information content (AvgIpc) is 2.97. The van der Waals surface area contributed by atoms with Gasteiger partial charge in [-0.2, -0.15) is 0 Å². The minimum Gasteiger partial charge on any atom is -0.461 e. The molecule has 3 saturated heterocycles. The summed E-state index contributed by atoms with van der Waals surface area (Å²) in [5.41, 5.74) is 4.52. The topological polar surface area (TPSA) is 29.5 Å². The molecular weight excluding hydrogens is 274 g/mol. The van der Waals surface area contributed by atoms with Crippen molar-refractivity contribution in [3.63, 3.8) is 0 Å². The minimum absolute atomic E-state index is 0.133. The van der Waals surface area contributed by atoms with Crippen molar-refractivity contribution in [2.24, 2.45) is 5.41 Å². The molecule has 1 aliphatic carbocycles. The van der Waals surface area contributed by atoms with Gasteiger partial charge in [-0.3, -0.25) is 0 Å². The van der Waals surface area contributed by atoms with E-state index in [1.165, 1.54) is 50.0 Å².